The first kappa shape index (κ1) is 16.8. The van der Waals surface area contributed by atoms with Crippen LogP contribution in [-0.4, -0.2) is 5.91 Å². The van der Waals surface area contributed by atoms with Crippen molar-refractivity contribution in [2.75, 3.05) is 0 Å². The fourth-order valence-electron chi connectivity index (χ4n) is 3.51. The highest BCUT2D eigenvalue weighted by molar-refractivity contribution is 7.10. The number of benzene rings is 1. The number of aromatic nitrogens is 1. The first-order chi connectivity index (χ1) is 12.7. The highest BCUT2D eigenvalue weighted by Gasteiger charge is 2.21. The minimum Gasteiger partial charge on any atom is -0.619 e. The number of hydrogen-bond acceptors (Lipinski definition) is 3. The molecule has 26 heavy (non-hydrogen) atoms. The molecule has 1 aliphatic rings. The second-order valence-corrected chi connectivity index (χ2v) is 7.59. The molecule has 0 fully saturated rings. The number of carbonyl (C=O) groups is 1. The number of hydrogen-bond donors (Lipinski definition) is 1. The average Bonchev–Trinajstić information content (AvgIpc) is 3.20. The van der Waals surface area contributed by atoms with Gasteiger partial charge >= 0.3 is 0 Å². The molecule has 1 aliphatic carbocycles. The quantitative estimate of drug-likeness (QED) is 0.566. The van der Waals surface area contributed by atoms with Gasteiger partial charge in [-0.3, -0.25) is 4.79 Å². The maximum absolute atomic E-state index is 12.7. The summed E-state index contributed by atoms with van der Waals surface area (Å²) in [5.41, 5.74) is 4.27. The van der Waals surface area contributed by atoms with Gasteiger partial charge in [-0.1, -0.05) is 24.3 Å². The Bertz CT molecular complexity index is 922. The predicted molar refractivity (Wildman–Crippen MR) is 102 cm³/mol. The lowest BCUT2D eigenvalue weighted by Crippen LogP contribution is -2.32. The maximum atomic E-state index is 12.7. The zero-order valence-corrected chi connectivity index (χ0v) is 15.2. The molecule has 0 radical (unpaired) electrons. The van der Waals surface area contributed by atoms with Gasteiger partial charge in [0.1, 0.15) is 5.56 Å². The van der Waals surface area contributed by atoms with Crippen molar-refractivity contribution < 1.29 is 9.52 Å². The molecule has 0 spiro atoms. The summed E-state index contributed by atoms with van der Waals surface area (Å²) in [6, 6.07) is 13.6. The zero-order chi connectivity index (χ0) is 17.9. The van der Waals surface area contributed by atoms with Crippen LogP contribution in [0.2, 0.25) is 0 Å². The molecule has 4 nitrogen and oxygen atoms in total. The summed E-state index contributed by atoms with van der Waals surface area (Å²) in [7, 11) is 0. The molecule has 0 saturated carbocycles. The van der Waals surface area contributed by atoms with Crippen LogP contribution in [0.15, 0.2) is 60.2 Å². The lowest BCUT2D eigenvalue weighted by Gasteiger charge is -2.22. The summed E-state index contributed by atoms with van der Waals surface area (Å²) in [6.07, 6.45) is 7.38. The average molecular weight is 364 g/mol. The van der Waals surface area contributed by atoms with E-state index in [1.54, 1.807) is 23.5 Å². The molecule has 132 valence electrons. The summed E-state index contributed by atoms with van der Waals surface area (Å²) in [5, 5.41) is 16.6. The topological polar surface area (TPSA) is 56.0 Å². The molecule has 1 N–H and O–H groups in total. The van der Waals surface area contributed by atoms with Crippen molar-refractivity contribution >= 4 is 17.2 Å². The van der Waals surface area contributed by atoms with Gasteiger partial charge in [-0.25, -0.2) is 0 Å². The van der Waals surface area contributed by atoms with Gasteiger partial charge in [0.2, 0.25) is 0 Å². The van der Waals surface area contributed by atoms with E-state index in [-0.39, 0.29) is 11.9 Å². The van der Waals surface area contributed by atoms with Crippen LogP contribution in [0, 0.1) is 5.21 Å². The van der Waals surface area contributed by atoms with E-state index in [2.05, 4.69) is 23.5 Å². The minimum absolute atomic E-state index is 0.213. The van der Waals surface area contributed by atoms with Crippen LogP contribution < -0.4 is 10.0 Å². The molecule has 0 saturated heterocycles. The van der Waals surface area contributed by atoms with Crippen molar-refractivity contribution in [1.29, 1.82) is 0 Å². The Morgan fingerprint density at radius 3 is 2.73 bits per heavy atom. The van der Waals surface area contributed by atoms with E-state index in [0.717, 1.165) is 23.3 Å². The number of amides is 1. The number of nitrogens with zero attached hydrogens (tertiary/aromatic N) is 1. The summed E-state index contributed by atoms with van der Waals surface area (Å²) >= 11 is 1.62. The molecule has 0 bridgehead atoms. The van der Waals surface area contributed by atoms with Crippen LogP contribution in [0.3, 0.4) is 0 Å². The van der Waals surface area contributed by atoms with Crippen molar-refractivity contribution in [2.45, 2.75) is 31.7 Å². The molecule has 3 aromatic rings. The Morgan fingerprint density at radius 2 is 1.96 bits per heavy atom. The van der Waals surface area contributed by atoms with E-state index >= 15 is 0 Å². The SMILES string of the molecule is O=C(N[C@@H](c1ccc2c(c1)CCCC2)c1cccs1)c1ccc[n+]([O-])c1. The highest BCUT2D eigenvalue weighted by atomic mass is 32.1. The van der Waals surface area contributed by atoms with Crippen molar-refractivity contribution in [3.05, 3.63) is 92.6 Å². The third-order valence-corrected chi connectivity index (χ3v) is 5.78. The molecule has 1 amide bonds. The molecular formula is C21H20N2O2S. The van der Waals surface area contributed by atoms with Gasteiger partial charge in [0.25, 0.3) is 5.91 Å². The monoisotopic (exact) mass is 364 g/mol. The van der Waals surface area contributed by atoms with Crippen LogP contribution in [0.4, 0.5) is 0 Å². The Hall–Kier alpha value is -2.66. The van der Waals surface area contributed by atoms with E-state index in [1.165, 1.54) is 36.4 Å². The normalized spacial score (nSPS) is 14.5. The Morgan fingerprint density at radius 1 is 1.12 bits per heavy atom. The molecule has 0 unspecified atom stereocenters. The number of rotatable bonds is 4. The second-order valence-electron chi connectivity index (χ2n) is 6.61. The fraction of sp³-hybridized carbons (Fsp3) is 0.238. The van der Waals surface area contributed by atoms with Crippen LogP contribution in [-0.2, 0) is 12.8 Å². The first-order valence-electron chi connectivity index (χ1n) is 8.85. The van der Waals surface area contributed by atoms with Gasteiger partial charge in [-0.2, -0.15) is 4.73 Å². The van der Waals surface area contributed by atoms with Gasteiger partial charge in [0.15, 0.2) is 12.4 Å². The largest absolute Gasteiger partial charge is 0.619 e. The lowest BCUT2D eigenvalue weighted by molar-refractivity contribution is -0.605. The molecular weight excluding hydrogens is 344 g/mol. The zero-order valence-electron chi connectivity index (χ0n) is 14.4. The summed E-state index contributed by atoms with van der Waals surface area (Å²) in [4.78, 5) is 13.8. The van der Waals surface area contributed by atoms with Gasteiger partial charge in [-0.15, -0.1) is 11.3 Å². The summed E-state index contributed by atoms with van der Waals surface area (Å²) in [5.74, 6) is -0.244. The van der Waals surface area contributed by atoms with Gasteiger partial charge in [0.05, 0.1) is 6.04 Å². The molecule has 1 aromatic carbocycles. The van der Waals surface area contributed by atoms with E-state index in [1.807, 2.05) is 17.5 Å². The Labute approximate surface area is 156 Å². The van der Waals surface area contributed by atoms with E-state index in [9.17, 15) is 10.0 Å². The molecule has 2 heterocycles. The lowest BCUT2D eigenvalue weighted by atomic mass is 9.89. The van der Waals surface area contributed by atoms with Crippen molar-refractivity contribution in [2.24, 2.45) is 0 Å². The standard InChI is InChI=1S/C21H20N2O2S/c24-21(18-7-3-11-23(25)14-18)22-20(19-8-4-12-26-19)17-10-9-15-5-1-2-6-16(15)13-17/h3-4,7-14,20H,1-2,5-6H2,(H,22,24)/t20-/m0/s1. The first-order valence-corrected chi connectivity index (χ1v) is 9.73. The number of thiophene rings is 1. The van der Waals surface area contributed by atoms with Crippen molar-refractivity contribution in [1.82, 2.24) is 5.32 Å². The van der Waals surface area contributed by atoms with E-state index in [0.29, 0.717) is 10.3 Å². The van der Waals surface area contributed by atoms with Crippen LogP contribution in [0.1, 0.15) is 50.8 Å². The van der Waals surface area contributed by atoms with Crippen LogP contribution in [0.25, 0.3) is 0 Å². The van der Waals surface area contributed by atoms with E-state index in [4.69, 9.17) is 0 Å². The Balaban J connectivity index is 1.66. The fourth-order valence-corrected chi connectivity index (χ4v) is 4.31. The van der Waals surface area contributed by atoms with Crippen molar-refractivity contribution in [3.8, 4) is 0 Å². The number of fused-ring (bicyclic) bond motifs is 1. The van der Waals surface area contributed by atoms with Crippen LogP contribution in [0.5, 0.6) is 0 Å². The summed E-state index contributed by atoms with van der Waals surface area (Å²) < 4.78 is 0.647. The van der Waals surface area contributed by atoms with Crippen molar-refractivity contribution in [3.63, 3.8) is 0 Å². The number of aryl methyl sites for hydroxylation is 2. The van der Waals surface area contributed by atoms with Gasteiger partial charge < -0.3 is 10.5 Å². The molecule has 0 aliphatic heterocycles. The third-order valence-electron chi connectivity index (χ3n) is 4.85. The third kappa shape index (κ3) is 3.48. The highest BCUT2D eigenvalue weighted by Crippen LogP contribution is 2.30. The van der Waals surface area contributed by atoms with E-state index < -0.39 is 0 Å². The summed E-state index contributed by atoms with van der Waals surface area (Å²) in [6.45, 7) is 0. The number of carbonyl (C=O) groups excluding carboxylic acids is 1. The second kappa shape index (κ2) is 7.30. The van der Waals surface area contributed by atoms with Gasteiger partial charge in [-0.05, 0) is 59.9 Å². The molecule has 1 atom stereocenters. The molecule has 2 aromatic heterocycles. The minimum atomic E-state index is -0.244. The number of pyridine rings is 1. The smallest absolute Gasteiger partial charge is 0.258 e. The predicted octanol–water partition coefficient (Wildman–Crippen LogP) is 3.78. The molecule has 4 rings (SSSR count). The maximum Gasteiger partial charge on any atom is 0.258 e. The molecule has 5 heteroatoms. The number of nitrogens with one attached hydrogen (secondary N) is 1. The Kier molecular flexibility index (Phi) is 4.71. The van der Waals surface area contributed by atoms with Crippen LogP contribution >= 0.6 is 11.3 Å². The van der Waals surface area contributed by atoms with Gasteiger partial charge in [0, 0.05) is 10.9 Å².